The molecule has 0 fully saturated rings. The summed E-state index contributed by atoms with van der Waals surface area (Å²) in [5.74, 6) is 2.99. The van der Waals surface area contributed by atoms with Crippen LogP contribution in [-0.4, -0.2) is 38.3 Å². The zero-order valence-corrected chi connectivity index (χ0v) is 18.6. The number of benzene rings is 2. The van der Waals surface area contributed by atoms with Crippen LogP contribution >= 0.6 is 0 Å². The molecule has 0 aliphatic heterocycles. The Morgan fingerprint density at radius 3 is 2.58 bits per heavy atom. The van der Waals surface area contributed by atoms with Gasteiger partial charge in [-0.3, -0.25) is 0 Å². The second kappa shape index (κ2) is 11.1. The molecule has 0 saturated heterocycles. The number of aryl methyl sites for hydroxylation is 1. The van der Waals surface area contributed by atoms with Gasteiger partial charge >= 0.3 is 0 Å². The van der Waals surface area contributed by atoms with E-state index in [-0.39, 0.29) is 0 Å². The van der Waals surface area contributed by atoms with E-state index in [9.17, 15) is 0 Å². The highest BCUT2D eigenvalue weighted by Gasteiger charge is 2.08. The predicted molar refractivity (Wildman–Crippen MR) is 123 cm³/mol. The van der Waals surface area contributed by atoms with E-state index in [1.165, 1.54) is 5.56 Å². The van der Waals surface area contributed by atoms with Gasteiger partial charge in [-0.25, -0.2) is 9.98 Å². The summed E-state index contributed by atoms with van der Waals surface area (Å²) in [7, 11) is 3.33. The summed E-state index contributed by atoms with van der Waals surface area (Å²) in [5.41, 5.74) is 4.01. The minimum Gasteiger partial charge on any atom is -0.497 e. The van der Waals surface area contributed by atoms with Gasteiger partial charge in [0.1, 0.15) is 23.5 Å². The van der Waals surface area contributed by atoms with Gasteiger partial charge < -0.3 is 24.5 Å². The van der Waals surface area contributed by atoms with Crippen LogP contribution in [0, 0.1) is 6.92 Å². The van der Waals surface area contributed by atoms with Crippen molar-refractivity contribution < 1.29 is 13.9 Å². The first-order valence-electron chi connectivity index (χ1n) is 10.4. The van der Waals surface area contributed by atoms with Crippen molar-refractivity contribution in [1.29, 1.82) is 0 Å². The second-order valence-corrected chi connectivity index (χ2v) is 7.06. The van der Waals surface area contributed by atoms with E-state index in [4.69, 9.17) is 13.9 Å². The molecule has 0 aliphatic rings. The molecular formula is C24H30N4O3. The minimum atomic E-state index is 0.424. The summed E-state index contributed by atoms with van der Waals surface area (Å²) in [5, 5.41) is 6.62. The van der Waals surface area contributed by atoms with Gasteiger partial charge in [0.15, 0.2) is 5.96 Å². The average molecular weight is 423 g/mol. The van der Waals surface area contributed by atoms with Crippen LogP contribution in [-0.2, 0) is 13.0 Å². The molecule has 0 radical (unpaired) electrons. The highest BCUT2D eigenvalue weighted by atomic mass is 16.5. The normalized spacial score (nSPS) is 11.3. The third kappa shape index (κ3) is 6.25. The topological polar surface area (TPSA) is 80.9 Å². The monoisotopic (exact) mass is 422 g/mol. The lowest BCUT2D eigenvalue weighted by Gasteiger charge is -2.13. The minimum absolute atomic E-state index is 0.424. The Morgan fingerprint density at radius 2 is 1.87 bits per heavy atom. The molecular weight excluding hydrogens is 392 g/mol. The van der Waals surface area contributed by atoms with Crippen LogP contribution in [0.15, 0.2) is 58.1 Å². The summed E-state index contributed by atoms with van der Waals surface area (Å²) in [6.45, 7) is 5.98. The summed E-state index contributed by atoms with van der Waals surface area (Å²) in [4.78, 5) is 9.18. The van der Waals surface area contributed by atoms with Gasteiger partial charge in [-0.05, 0) is 56.2 Å². The average Bonchev–Trinajstić information content (AvgIpc) is 3.27. The zero-order chi connectivity index (χ0) is 22.1. The van der Waals surface area contributed by atoms with E-state index in [2.05, 4.69) is 27.5 Å². The molecule has 2 N–H and O–H groups in total. The van der Waals surface area contributed by atoms with Gasteiger partial charge in [-0.1, -0.05) is 17.7 Å². The zero-order valence-electron chi connectivity index (χ0n) is 18.6. The molecule has 0 aliphatic carbocycles. The van der Waals surface area contributed by atoms with Crippen molar-refractivity contribution in [2.45, 2.75) is 26.8 Å². The van der Waals surface area contributed by atoms with Crippen LogP contribution in [0.2, 0.25) is 0 Å². The van der Waals surface area contributed by atoms with Gasteiger partial charge in [-0.2, -0.15) is 0 Å². The Balaban J connectivity index is 1.60. The van der Waals surface area contributed by atoms with Crippen LogP contribution in [0.25, 0.3) is 11.5 Å². The standard InChI is InChI=1S/C24H30N4O3/c1-5-25-24(26-13-12-19-14-21(29-3)10-11-22(19)30-4)27-15-20-16-31-23(28-20)18-8-6-17(2)7-9-18/h6-11,14,16H,5,12-13,15H2,1-4H3,(H2,25,26,27). The third-order valence-electron chi connectivity index (χ3n) is 4.77. The molecule has 3 aromatic rings. The molecule has 0 bridgehead atoms. The number of nitrogens with zero attached hydrogens (tertiary/aromatic N) is 2. The van der Waals surface area contributed by atoms with Crippen LogP contribution in [0.4, 0.5) is 0 Å². The molecule has 0 amide bonds. The van der Waals surface area contributed by atoms with Crippen molar-refractivity contribution in [1.82, 2.24) is 15.6 Å². The molecule has 7 nitrogen and oxygen atoms in total. The summed E-state index contributed by atoms with van der Waals surface area (Å²) in [6.07, 6.45) is 2.43. The first-order valence-corrected chi connectivity index (χ1v) is 10.4. The first kappa shape index (κ1) is 22.2. The number of aliphatic imine (C=N–C) groups is 1. The molecule has 0 spiro atoms. The van der Waals surface area contributed by atoms with Gasteiger partial charge in [-0.15, -0.1) is 0 Å². The number of nitrogens with one attached hydrogen (secondary N) is 2. The lowest BCUT2D eigenvalue weighted by Crippen LogP contribution is -2.38. The molecule has 0 unspecified atom stereocenters. The fourth-order valence-corrected chi connectivity index (χ4v) is 3.10. The van der Waals surface area contributed by atoms with Crippen molar-refractivity contribution in [3.05, 3.63) is 65.5 Å². The Bertz CT molecular complexity index is 996. The molecule has 0 saturated carbocycles. The number of aromatic nitrogens is 1. The maximum Gasteiger partial charge on any atom is 0.226 e. The predicted octanol–water partition coefficient (Wildman–Crippen LogP) is 3.97. The second-order valence-electron chi connectivity index (χ2n) is 7.06. The van der Waals surface area contributed by atoms with E-state index >= 15 is 0 Å². The van der Waals surface area contributed by atoms with Crippen LogP contribution in [0.1, 0.15) is 23.7 Å². The van der Waals surface area contributed by atoms with Crippen LogP contribution < -0.4 is 20.1 Å². The maximum absolute atomic E-state index is 5.62. The Labute approximate surface area is 183 Å². The first-order chi connectivity index (χ1) is 15.1. The van der Waals surface area contributed by atoms with Gasteiger partial charge in [0.25, 0.3) is 0 Å². The number of hydrogen-bond donors (Lipinski definition) is 2. The summed E-state index contributed by atoms with van der Waals surface area (Å²) < 4.78 is 16.4. The van der Waals surface area contributed by atoms with E-state index in [1.54, 1.807) is 20.5 Å². The Morgan fingerprint density at radius 1 is 1.06 bits per heavy atom. The van der Waals surface area contributed by atoms with Gasteiger partial charge in [0, 0.05) is 18.7 Å². The number of hydrogen-bond acceptors (Lipinski definition) is 5. The van der Waals surface area contributed by atoms with Crippen molar-refractivity contribution in [2.75, 3.05) is 27.3 Å². The summed E-state index contributed by atoms with van der Waals surface area (Å²) in [6, 6.07) is 13.9. The van der Waals surface area contributed by atoms with Crippen LogP contribution in [0.5, 0.6) is 11.5 Å². The van der Waals surface area contributed by atoms with E-state index in [0.29, 0.717) is 19.0 Å². The van der Waals surface area contributed by atoms with Crippen molar-refractivity contribution in [3.8, 4) is 23.0 Å². The van der Waals surface area contributed by atoms with Crippen molar-refractivity contribution in [2.24, 2.45) is 4.99 Å². The van der Waals surface area contributed by atoms with Crippen molar-refractivity contribution in [3.63, 3.8) is 0 Å². The number of rotatable bonds is 9. The highest BCUT2D eigenvalue weighted by molar-refractivity contribution is 5.79. The molecule has 7 heteroatoms. The molecule has 1 heterocycles. The van der Waals surface area contributed by atoms with E-state index < -0.39 is 0 Å². The number of ether oxygens (including phenoxy) is 2. The highest BCUT2D eigenvalue weighted by Crippen LogP contribution is 2.24. The maximum atomic E-state index is 5.62. The third-order valence-corrected chi connectivity index (χ3v) is 4.77. The number of methoxy groups -OCH3 is 2. The fourth-order valence-electron chi connectivity index (χ4n) is 3.10. The summed E-state index contributed by atoms with van der Waals surface area (Å²) >= 11 is 0. The smallest absolute Gasteiger partial charge is 0.226 e. The largest absolute Gasteiger partial charge is 0.497 e. The van der Waals surface area contributed by atoms with Gasteiger partial charge in [0.05, 0.1) is 20.8 Å². The van der Waals surface area contributed by atoms with Crippen molar-refractivity contribution >= 4 is 5.96 Å². The number of guanidine groups is 1. The van der Waals surface area contributed by atoms with Crippen LogP contribution in [0.3, 0.4) is 0 Å². The van der Waals surface area contributed by atoms with Gasteiger partial charge in [0.2, 0.25) is 5.89 Å². The SMILES string of the molecule is CCNC(=NCc1coc(-c2ccc(C)cc2)n1)NCCc1cc(OC)ccc1OC. The quantitative estimate of drug-likeness (QED) is 0.401. The molecule has 1 aromatic heterocycles. The lowest BCUT2D eigenvalue weighted by atomic mass is 10.1. The molecule has 3 rings (SSSR count). The Kier molecular flexibility index (Phi) is 7.92. The van der Waals surface area contributed by atoms with E-state index in [1.807, 2.05) is 49.4 Å². The van der Waals surface area contributed by atoms with E-state index in [0.717, 1.165) is 47.2 Å². The molecule has 164 valence electrons. The lowest BCUT2D eigenvalue weighted by molar-refractivity contribution is 0.398. The molecule has 31 heavy (non-hydrogen) atoms. The molecule has 0 atom stereocenters. The fraction of sp³-hybridized carbons (Fsp3) is 0.333. The Hall–Kier alpha value is -3.48. The number of oxazole rings is 1. The molecule has 2 aromatic carbocycles.